The van der Waals surface area contributed by atoms with Gasteiger partial charge in [-0.1, -0.05) is 6.92 Å². The smallest absolute Gasteiger partial charge is 0.0856 e. The molecule has 5 heteroatoms. The molecule has 0 radical (unpaired) electrons. The van der Waals surface area contributed by atoms with Crippen molar-refractivity contribution >= 4 is 27.3 Å². The van der Waals surface area contributed by atoms with Crippen LogP contribution in [0.25, 0.3) is 0 Å². The van der Waals surface area contributed by atoms with Gasteiger partial charge in [-0.15, -0.1) is 0 Å². The van der Waals surface area contributed by atoms with E-state index in [1.807, 2.05) is 24.0 Å². The third kappa shape index (κ3) is 2.41. The number of pyridine rings is 1. The standard InChI is InChI=1S/C11H13BrN4/c1-3-10-11(7-16(2)15-10)14-9-4-8(12)5-13-6-9/h4-7,14H,3H2,1-2H3. The van der Waals surface area contributed by atoms with Crippen LogP contribution in [0.5, 0.6) is 0 Å². The highest BCUT2D eigenvalue weighted by Gasteiger charge is 2.05. The highest BCUT2D eigenvalue weighted by molar-refractivity contribution is 9.10. The van der Waals surface area contributed by atoms with Crippen LogP contribution < -0.4 is 5.32 Å². The highest BCUT2D eigenvalue weighted by atomic mass is 79.9. The molecule has 0 aromatic carbocycles. The van der Waals surface area contributed by atoms with Gasteiger partial charge in [0.05, 0.1) is 23.3 Å². The molecule has 2 aromatic rings. The molecule has 84 valence electrons. The molecule has 0 aliphatic carbocycles. The number of hydrogen-bond donors (Lipinski definition) is 1. The molecular weight excluding hydrogens is 268 g/mol. The lowest BCUT2D eigenvalue weighted by Gasteiger charge is -2.04. The van der Waals surface area contributed by atoms with Gasteiger partial charge in [0.25, 0.3) is 0 Å². The van der Waals surface area contributed by atoms with E-state index in [9.17, 15) is 0 Å². The number of aryl methyl sites for hydroxylation is 2. The van der Waals surface area contributed by atoms with Gasteiger partial charge in [-0.3, -0.25) is 9.67 Å². The summed E-state index contributed by atoms with van der Waals surface area (Å²) < 4.78 is 2.77. The normalized spacial score (nSPS) is 10.4. The van der Waals surface area contributed by atoms with Crippen LogP contribution in [0.15, 0.2) is 29.1 Å². The van der Waals surface area contributed by atoms with Gasteiger partial charge in [-0.05, 0) is 28.4 Å². The Balaban J connectivity index is 2.26. The van der Waals surface area contributed by atoms with Gasteiger partial charge >= 0.3 is 0 Å². The Morgan fingerprint density at radius 1 is 1.44 bits per heavy atom. The van der Waals surface area contributed by atoms with Crippen LogP contribution in [-0.2, 0) is 13.5 Å². The maximum absolute atomic E-state index is 4.37. The molecule has 2 aromatic heterocycles. The van der Waals surface area contributed by atoms with E-state index in [2.05, 4.69) is 38.3 Å². The SMILES string of the molecule is CCc1nn(C)cc1Nc1cncc(Br)c1. The first-order chi connectivity index (χ1) is 7.69. The zero-order valence-electron chi connectivity index (χ0n) is 9.24. The molecule has 2 heterocycles. The van der Waals surface area contributed by atoms with Gasteiger partial charge in [-0.25, -0.2) is 0 Å². The molecule has 0 fully saturated rings. The fourth-order valence-corrected chi connectivity index (χ4v) is 1.90. The zero-order valence-corrected chi connectivity index (χ0v) is 10.8. The fourth-order valence-electron chi connectivity index (χ4n) is 1.54. The van der Waals surface area contributed by atoms with E-state index in [-0.39, 0.29) is 0 Å². The Labute approximate surface area is 103 Å². The number of aromatic nitrogens is 3. The summed E-state index contributed by atoms with van der Waals surface area (Å²) in [5, 5.41) is 7.68. The number of rotatable bonds is 3. The summed E-state index contributed by atoms with van der Waals surface area (Å²) in [5.74, 6) is 0. The van der Waals surface area contributed by atoms with Crippen molar-refractivity contribution in [1.29, 1.82) is 0 Å². The molecule has 0 unspecified atom stereocenters. The minimum atomic E-state index is 0.907. The number of anilines is 2. The topological polar surface area (TPSA) is 42.7 Å². The summed E-state index contributed by atoms with van der Waals surface area (Å²) in [5.41, 5.74) is 3.05. The van der Waals surface area contributed by atoms with Gasteiger partial charge in [0, 0.05) is 23.9 Å². The summed E-state index contributed by atoms with van der Waals surface area (Å²) >= 11 is 3.39. The minimum absolute atomic E-state index is 0.907. The number of halogens is 1. The Kier molecular flexibility index (Phi) is 3.24. The summed E-state index contributed by atoms with van der Waals surface area (Å²) in [4.78, 5) is 4.11. The summed E-state index contributed by atoms with van der Waals surface area (Å²) in [7, 11) is 1.92. The van der Waals surface area contributed by atoms with Crippen LogP contribution in [0.3, 0.4) is 0 Å². The van der Waals surface area contributed by atoms with Crippen molar-refractivity contribution < 1.29 is 0 Å². The molecule has 2 rings (SSSR count). The minimum Gasteiger partial charge on any atom is -0.351 e. The second kappa shape index (κ2) is 4.65. The van der Waals surface area contributed by atoms with E-state index in [4.69, 9.17) is 0 Å². The van der Waals surface area contributed by atoms with E-state index in [0.717, 1.165) is 28.0 Å². The van der Waals surface area contributed by atoms with Gasteiger partial charge in [-0.2, -0.15) is 5.10 Å². The Bertz CT molecular complexity index is 492. The largest absolute Gasteiger partial charge is 0.351 e. The van der Waals surface area contributed by atoms with Crippen molar-refractivity contribution in [3.63, 3.8) is 0 Å². The highest BCUT2D eigenvalue weighted by Crippen LogP contribution is 2.21. The van der Waals surface area contributed by atoms with Crippen LogP contribution in [-0.4, -0.2) is 14.8 Å². The molecule has 0 atom stereocenters. The van der Waals surface area contributed by atoms with Crippen LogP contribution >= 0.6 is 15.9 Å². The average Bonchev–Trinajstić information content (AvgIpc) is 2.59. The van der Waals surface area contributed by atoms with Crippen LogP contribution in [0.1, 0.15) is 12.6 Å². The predicted molar refractivity (Wildman–Crippen MR) is 67.8 cm³/mol. The van der Waals surface area contributed by atoms with Crippen molar-refractivity contribution in [3.05, 3.63) is 34.8 Å². The number of nitrogens with one attached hydrogen (secondary N) is 1. The third-order valence-corrected chi connectivity index (χ3v) is 2.66. The Morgan fingerprint density at radius 2 is 2.25 bits per heavy atom. The molecular formula is C11H13BrN4. The average molecular weight is 281 g/mol. The van der Waals surface area contributed by atoms with Gasteiger partial charge in [0.1, 0.15) is 0 Å². The lowest BCUT2D eigenvalue weighted by atomic mass is 10.3. The van der Waals surface area contributed by atoms with Gasteiger partial charge in [0.2, 0.25) is 0 Å². The summed E-state index contributed by atoms with van der Waals surface area (Å²) in [6, 6.07) is 1.99. The summed E-state index contributed by atoms with van der Waals surface area (Å²) in [6.07, 6.45) is 6.43. The first kappa shape index (κ1) is 11.1. The lowest BCUT2D eigenvalue weighted by Crippen LogP contribution is -1.93. The summed E-state index contributed by atoms with van der Waals surface area (Å²) in [6.45, 7) is 2.09. The Hall–Kier alpha value is -1.36. The molecule has 0 aliphatic rings. The second-order valence-electron chi connectivity index (χ2n) is 3.53. The van der Waals surface area contributed by atoms with Crippen molar-refractivity contribution in [2.45, 2.75) is 13.3 Å². The lowest BCUT2D eigenvalue weighted by molar-refractivity contribution is 0.746. The maximum Gasteiger partial charge on any atom is 0.0856 e. The first-order valence-electron chi connectivity index (χ1n) is 5.09. The van der Waals surface area contributed by atoms with Crippen molar-refractivity contribution in [3.8, 4) is 0 Å². The molecule has 4 nitrogen and oxygen atoms in total. The molecule has 1 N–H and O–H groups in total. The van der Waals surface area contributed by atoms with E-state index >= 15 is 0 Å². The van der Waals surface area contributed by atoms with E-state index in [1.54, 1.807) is 12.4 Å². The van der Waals surface area contributed by atoms with Crippen molar-refractivity contribution in [1.82, 2.24) is 14.8 Å². The molecule has 16 heavy (non-hydrogen) atoms. The second-order valence-corrected chi connectivity index (χ2v) is 4.45. The molecule has 0 bridgehead atoms. The van der Waals surface area contributed by atoms with E-state index < -0.39 is 0 Å². The monoisotopic (exact) mass is 280 g/mol. The van der Waals surface area contributed by atoms with Crippen LogP contribution in [0, 0.1) is 0 Å². The maximum atomic E-state index is 4.37. The molecule has 0 saturated carbocycles. The third-order valence-electron chi connectivity index (χ3n) is 2.22. The molecule has 0 saturated heterocycles. The van der Waals surface area contributed by atoms with Crippen molar-refractivity contribution in [2.75, 3.05) is 5.32 Å². The fraction of sp³-hybridized carbons (Fsp3) is 0.273. The van der Waals surface area contributed by atoms with Gasteiger partial charge in [0.15, 0.2) is 0 Å². The first-order valence-corrected chi connectivity index (χ1v) is 5.88. The van der Waals surface area contributed by atoms with Crippen LogP contribution in [0.2, 0.25) is 0 Å². The molecule has 0 aliphatic heterocycles. The zero-order chi connectivity index (χ0) is 11.5. The number of nitrogens with zero attached hydrogens (tertiary/aromatic N) is 3. The van der Waals surface area contributed by atoms with Crippen molar-refractivity contribution in [2.24, 2.45) is 7.05 Å². The van der Waals surface area contributed by atoms with E-state index in [0.29, 0.717) is 0 Å². The quantitative estimate of drug-likeness (QED) is 0.940. The Morgan fingerprint density at radius 3 is 2.94 bits per heavy atom. The van der Waals surface area contributed by atoms with E-state index in [1.165, 1.54) is 0 Å². The molecule has 0 amide bonds. The van der Waals surface area contributed by atoms with Gasteiger partial charge < -0.3 is 5.32 Å². The molecule has 0 spiro atoms. The predicted octanol–water partition coefficient (Wildman–Crippen LogP) is 2.88. The van der Waals surface area contributed by atoms with Crippen LogP contribution in [0.4, 0.5) is 11.4 Å². The number of hydrogen-bond acceptors (Lipinski definition) is 3.